The molecule has 0 amide bonds. The summed E-state index contributed by atoms with van der Waals surface area (Å²) in [6, 6.07) is 0. The first-order valence-corrected chi connectivity index (χ1v) is 9.95. The van der Waals surface area contributed by atoms with E-state index in [2.05, 4.69) is 25.7 Å². The molecule has 0 unspecified atom stereocenters. The minimum absolute atomic E-state index is 1.00. The molecule has 1 heterocycles. The van der Waals surface area contributed by atoms with Gasteiger partial charge in [0.15, 0.2) is 0 Å². The molecule has 0 radical (unpaired) electrons. The molecule has 0 aromatic heterocycles. The molecule has 0 bridgehead atoms. The second-order valence-electron chi connectivity index (χ2n) is 6.36. The zero-order chi connectivity index (χ0) is 16.1. The molecule has 1 rings (SSSR count). The minimum Gasteiger partial charge on any atom is -0.381 e. The maximum Gasteiger partial charge on any atom is 0.0466 e. The number of ether oxygens (including phenoxy) is 1. The van der Waals surface area contributed by atoms with Crippen molar-refractivity contribution in [2.45, 2.75) is 110 Å². The van der Waals surface area contributed by atoms with Gasteiger partial charge in [-0.3, -0.25) is 0 Å². The highest BCUT2D eigenvalue weighted by molar-refractivity contribution is 4.98. The first-order valence-electron chi connectivity index (χ1n) is 9.95. The molecule has 0 aromatic carbocycles. The lowest BCUT2D eigenvalue weighted by atomic mass is 10.1. The Hall–Kier alpha value is -0.480. The van der Waals surface area contributed by atoms with Crippen LogP contribution in [-0.4, -0.2) is 13.2 Å². The SMILES string of the molecule is C1CCOCC1.CCCCC#CCCCCCCCCCC. The summed E-state index contributed by atoms with van der Waals surface area (Å²) in [6.45, 7) is 6.50. The number of hydrogen-bond acceptors (Lipinski definition) is 1. The van der Waals surface area contributed by atoms with E-state index in [0.29, 0.717) is 0 Å². The van der Waals surface area contributed by atoms with E-state index in [1.807, 2.05) is 0 Å². The highest BCUT2D eigenvalue weighted by Crippen LogP contribution is 2.09. The van der Waals surface area contributed by atoms with Gasteiger partial charge in [-0.25, -0.2) is 0 Å². The van der Waals surface area contributed by atoms with Gasteiger partial charge in [-0.05, 0) is 32.1 Å². The van der Waals surface area contributed by atoms with Crippen LogP contribution in [0.2, 0.25) is 0 Å². The summed E-state index contributed by atoms with van der Waals surface area (Å²) in [6.07, 6.45) is 19.9. The van der Waals surface area contributed by atoms with E-state index in [1.165, 1.54) is 83.5 Å². The smallest absolute Gasteiger partial charge is 0.0466 e. The van der Waals surface area contributed by atoms with Gasteiger partial charge in [0.2, 0.25) is 0 Å². The Labute approximate surface area is 140 Å². The van der Waals surface area contributed by atoms with Gasteiger partial charge in [-0.2, -0.15) is 0 Å². The van der Waals surface area contributed by atoms with Gasteiger partial charge in [-0.1, -0.05) is 65.2 Å². The summed E-state index contributed by atoms with van der Waals surface area (Å²) in [4.78, 5) is 0. The Morgan fingerprint density at radius 3 is 1.55 bits per heavy atom. The summed E-state index contributed by atoms with van der Waals surface area (Å²) < 4.78 is 5.07. The van der Waals surface area contributed by atoms with Crippen molar-refractivity contribution in [2.24, 2.45) is 0 Å². The normalized spacial score (nSPS) is 13.7. The zero-order valence-electron chi connectivity index (χ0n) is 15.4. The molecule has 0 atom stereocenters. The van der Waals surface area contributed by atoms with Gasteiger partial charge in [0, 0.05) is 26.1 Å². The Morgan fingerprint density at radius 1 is 0.591 bits per heavy atom. The van der Waals surface area contributed by atoms with Crippen molar-refractivity contribution in [3.63, 3.8) is 0 Å². The molecular formula is C21H40O. The molecule has 0 saturated carbocycles. The van der Waals surface area contributed by atoms with E-state index in [0.717, 1.165) is 26.1 Å². The van der Waals surface area contributed by atoms with Crippen LogP contribution >= 0.6 is 0 Å². The van der Waals surface area contributed by atoms with Crippen molar-refractivity contribution < 1.29 is 4.74 Å². The lowest BCUT2D eigenvalue weighted by Crippen LogP contribution is -2.03. The topological polar surface area (TPSA) is 9.23 Å². The minimum atomic E-state index is 1.00. The molecule has 1 aliphatic heterocycles. The number of hydrogen-bond donors (Lipinski definition) is 0. The fraction of sp³-hybridized carbons (Fsp3) is 0.905. The number of unbranched alkanes of at least 4 members (excludes halogenated alkanes) is 10. The van der Waals surface area contributed by atoms with E-state index in [-0.39, 0.29) is 0 Å². The van der Waals surface area contributed by atoms with Crippen molar-refractivity contribution in [2.75, 3.05) is 13.2 Å². The molecule has 130 valence electrons. The van der Waals surface area contributed by atoms with Gasteiger partial charge in [-0.15, -0.1) is 11.8 Å². The first-order chi connectivity index (χ1) is 10.9. The fourth-order valence-electron chi connectivity index (χ4n) is 2.48. The summed E-state index contributed by atoms with van der Waals surface area (Å²) in [7, 11) is 0. The molecule has 1 fully saturated rings. The van der Waals surface area contributed by atoms with Crippen molar-refractivity contribution in [3.05, 3.63) is 0 Å². The van der Waals surface area contributed by atoms with Gasteiger partial charge in [0.1, 0.15) is 0 Å². The molecule has 0 N–H and O–H groups in total. The molecule has 22 heavy (non-hydrogen) atoms. The maximum absolute atomic E-state index is 5.07. The standard InChI is InChI=1S/C16H30.C5H10O/c1-3-5-7-9-11-13-15-16-14-12-10-8-6-4-2;1-2-4-6-5-3-1/h3-9,11,13-16H2,1-2H3;1-5H2. The van der Waals surface area contributed by atoms with Crippen LogP contribution < -0.4 is 0 Å². The quantitative estimate of drug-likeness (QED) is 0.315. The largest absolute Gasteiger partial charge is 0.381 e. The lowest BCUT2D eigenvalue weighted by molar-refractivity contribution is 0.0968. The van der Waals surface area contributed by atoms with Crippen LogP contribution in [0.1, 0.15) is 110 Å². The molecular weight excluding hydrogens is 268 g/mol. The van der Waals surface area contributed by atoms with Crippen molar-refractivity contribution in [1.82, 2.24) is 0 Å². The van der Waals surface area contributed by atoms with E-state index < -0.39 is 0 Å². The van der Waals surface area contributed by atoms with Crippen molar-refractivity contribution in [3.8, 4) is 11.8 Å². The predicted octanol–water partition coefficient (Wildman–Crippen LogP) is 6.90. The van der Waals surface area contributed by atoms with Gasteiger partial charge in [0.25, 0.3) is 0 Å². The summed E-state index contributed by atoms with van der Waals surface area (Å²) in [5, 5.41) is 0. The Balaban J connectivity index is 0.000000604. The van der Waals surface area contributed by atoms with Crippen LogP contribution in [0, 0.1) is 11.8 Å². The zero-order valence-corrected chi connectivity index (χ0v) is 15.4. The average Bonchev–Trinajstić information content (AvgIpc) is 2.58. The lowest BCUT2D eigenvalue weighted by Gasteiger charge is -2.08. The van der Waals surface area contributed by atoms with E-state index in [4.69, 9.17) is 4.74 Å². The van der Waals surface area contributed by atoms with Crippen LogP contribution in [0.4, 0.5) is 0 Å². The Morgan fingerprint density at radius 2 is 1.09 bits per heavy atom. The monoisotopic (exact) mass is 308 g/mol. The van der Waals surface area contributed by atoms with Gasteiger partial charge in [0.05, 0.1) is 0 Å². The molecule has 1 aliphatic rings. The first kappa shape index (κ1) is 21.5. The fourth-order valence-corrected chi connectivity index (χ4v) is 2.48. The third kappa shape index (κ3) is 19.5. The van der Waals surface area contributed by atoms with Crippen LogP contribution in [0.15, 0.2) is 0 Å². The molecule has 0 aromatic rings. The Kier molecular flexibility index (Phi) is 20.1. The van der Waals surface area contributed by atoms with Gasteiger partial charge < -0.3 is 4.74 Å². The van der Waals surface area contributed by atoms with Crippen molar-refractivity contribution >= 4 is 0 Å². The summed E-state index contributed by atoms with van der Waals surface area (Å²) in [5.74, 6) is 6.54. The maximum atomic E-state index is 5.07. The third-order valence-electron chi connectivity index (χ3n) is 4.01. The van der Waals surface area contributed by atoms with Crippen LogP contribution in [0.5, 0.6) is 0 Å². The van der Waals surface area contributed by atoms with Crippen LogP contribution in [0.3, 0.4) is 0 Å². The van der Waals surface area contributed by atoms with Gasteiger partial charge >= 0.3 is 0 Å². The third-order valence-corrected chi connectivity index (χ3v) is 4.01. The van der Waals surface area contributed by atoms with E-state index in [1.54, 1.807) is 0 Å². The average molecular weight is 309 g/mol. The summed E-state index contributed by atoms with van der Waals surface area (Å²) in [5.41, 5.74) is 0. The number of rotatable bonds is 10. The summed E-state index contributed by atoms with van der Waals surface area (Å²) >= 11 is 0. The predicted molar refractivity (Wildman–Crippen MR) is 99.2 cm³/mol. The highest BCUT2D eigenvalue weighted by atomic mass is 16.5. The highest BCUT2D eigenvalue weighted by Gasteiger charge is 1.95. The second-order valence-corrected chi connectivity index (χ2v) is 6.36. The second kappa shape index (κ2) is 20.5. The van der Waals surface area contributed by atoms with Crippen LogP contribution in [0.25, 0.3) is 0 Å². The molecule has 1 heteroatoms. The Bertz CT molecular complexity index is 233. The molecule has 0 spiro atoms. The molecule has 1 nitrogen and oxygen atoms in total. The van der Waals surface area contributed by atoms with E-state index in [9.17, 15) is 0 Å². The van der Waals surface area contributed by atoms with Crippen molar-refractivity contribution in [1.29, 1.82) is 0 Å². The van der Waals surface area contributed by atoms with E-state index >= 15 is 0 Å². The molecule has 0 aliphatic carbocycles. The molecule has 1 saturated heterocycles. The van der Waals surface area contributed by atoms with Crippen LogP contribution in [-0.2, 0) is 4.74 Å².